The van der Waals surface area contributed by atoms with E-state index < -0.39 is 0 Å². The highest BCUT2D eigenvalue weighted by molar-refractivity contribution is 5.54. The fourth-order valence-corrected chi connectivity index (χ4v) is 2.20. The number of rotatable bonds is 5. The van der Waals surface area contributed by atoms with Gasteiger partial charge < -0.3 is 10.6 Å². The lowest BCUT2D eigenvalue weighted by Gasteiger charge is -2.15. The summed E-state index contributed by atoms with van der Waals surface area (Å²) in [7, 11) is 0. The normalized spacial score (nSPS) is 11.7. The number of para-hydroxylation sites is 1. The van der Waals surface area contributed by atoms with Crippen molar-refractivity contribution in [3.05, 3.63) is 78.5 Å². The molecule has 0 saturated heterocycles. The first-order valence-corrected chi connectivity index (χ1v) is 7.28. The van der Waals surface area contributed by atoms with Crippen molar-refractivity contribution in [1.82, 2.24) is 9.97 Å². The van der Waals surface area contributed by atoms with Crippen molar-refractivity contribution in [3.63, 3.8) is 0 Å². The van der Waals surface area contributed by atoms with Crippen LogP contribution in [0.4, 0.5) is 17.5 Å². The first kappa shape index (κ1) is 14.1. The molecular weight excluding hydrogens is 272 g/mol. The molecule has 3 aromatic rings. The molecule has 1 heterocycles. The summed E-state index contributed by atoms with van der Waals surface area (Å²) in [6.45, 7) is 2.11. The smallest absolute Gasteiger partial charge is 0.229 e. The van der Waals surface area contributed by atoms with Crippen LogP contribution in [0.1, 0.15) is 18.5 Å². The van der Waals surface area contributed by atoms with Gasteiger partial charge in [0.15, 0.2) is 0 Å². The number of nitrogens with zero attached hydrogens (tertiary/aromatic N) is 2. The Morgan fingerprint density at radius 3 is 2.27 bits per heavy atom. The maximum absolute atomic E-state index is 4.50. The van der Waals surface area contributed by atoms with Crippen molar-refractivity contribution in [2.24, 2.45) is 0 Å². The van der Waals surface area contributed by atoms with E-state index in [9.17, 15) is 0 Å². The molecule has 2 aromatic carbocycles. The van der Waals surface area contributed by atoms with E-state index in [0.717, 1.165) is 11.5 Å². The third-order valence-corrected chi connectivity index (χ3v) is 3.35. The second-order valence-electron chi connectivity index (χ2n) is 5.03. The molecule has 0 aliphatic heterocycles. The Morgan fingerprint density at radius 2 is 1.55 bits per heavy atom. The molecule has 0 saturated carbocycles. The summed E-state index contributed by atoms with van der Waals surface area (Å²) < 4.78 is 0. The van der Waals surface area contributed by atoms with Gasteiger partial charge in [-0.2, -0.15) is 4.98 Å². The molecule has 1 unspecified atom stereocenters. The van der Waals surface area contributed by atoms with Crippen molar-refractivity contribution >= 4 is 17.5 Å². The Kier molecular flexibility index (Phi) is 4.30. The molecule has 110 valence electrons. The van der Waals surface area contributed by atoms with E-state index >= 15 is 0 Å². The standard InChI is InChI=1S/C18H18N4/c1-14(15-8-4-2-5-9-15)20-17-12-13-19-18(22-17)21-16-10-6-3-7-11-16/h2-14H,1H3,(H2,19,20,21,22). The first-order valence-electron chi connectivity index (χ1n) is 7.28. The molecule has 0 fully saturated rings. The van der Waals surface area contributed by atoms with Crippen molar-refractivity contribution in [2.45, 2.75) is 13.0 Å². The van der Waals surface area contributed by atoms with Crippen LogP contribution >= 0.6 is 0 Å². The van der Waals surface area contributed by atoms with E-state index in [0.29, 0.717) is 5.95 Å². The molecule has 0 aliphatic carbocycles. The van der Waals surface area contributed by atoms with Crippen LogP contribution < -0.4 is 10.6 Å². The molecule has 0 aliphatic rings. The van der Waals surface area contributed by atoms with Gasteiger partial charge in [0.2, 0.25) is 5.95 Å². The lowest BCUT2D eigenvalue weighted by atomic mass is 10.1. The maximum atomic E-state index is 4.50. The van der Waals surface area contributed by atoms with Gasteiger partial charge in [0.1, 0.15) is 5.82 Å². The summed E-state index contributed by atoms with van der Waals surface area (Å²) in [5.74, 6) is 1.38. The third kappa shape index (κ3) is 3.61. The molecule has 1 atom stereocenters. The van der Waals surface area contributed by atoms with E-state index in [1.54, 1.807) is 6.20 Å². The highest BCUT2D eigenvalue weighted by Gasteiger charge is 2.06. The summed E-state index contributed by atoms with van der Waals surface area (Å²) in [6.07, 6.45) is 1.75. The largest absolute Gasteiger partial charge is 0.363 e. The van der Waals surface area contributed by atoms with Gasteiger partial charge >= 0.3 is 0 Å². The second-order valence-corrected chi connectivity index (χ2v) is 5.03. The molecule has 22 heavy (non-hydrogen) atoms. The van der Waals surface area contributed by atoms with Gasteiger partial charge in [-0.1, -0.05) is 48.5 Å². The Balaban J connectivity index is 1.71. The number of hydrogen-bond donors (Lipinski definition) is 2. The van der Waals surface area contributed by atoms with Crippen molar-refractivity contribution < 1.29 is 0 Å². The lowest BCUT2D eigenvalue weighted by Crippen LogP contribution is -2.09. The van der Waals surface area contributed by atoms with Gasteiger partial charge in [0.05, 0.1) is 0 Å². The number of hydrogen-bond acceptors (Lipinski definition) is 4. The van der Waals surface area contributed by atoms with Crippen molar-refractivity contribution in [1.29, 1.82) is 0 Å². The molecule has 4 nitrogen and oxygen atoms in total. The topological polar surface area (TPSA) is 49.8 Å². The number of anilines is 3. The quantitative estimate of drug-likeness (QED) is 0.731. The number of aromatic nitrogens is 2. The second kappa shape index (κ2) is 6.72. The van der Waals surface area contributed by atoms with E-state index in [4.69, 9.17) is 0 Å². The number of benzene rings is 2. The molecule has 0 amide bonds. The lowest BCUT2D eigenvalue weighted by molar-refractivity contribution is 0.873. The van der Waals surface area contributed by atoms with E-state index in [1.165, 1.54) is 5.56 Å². The molecule has 0 bridgehead atoms. The van der Waals surface area contributed by atoms with Gasteiger partial charge in [-0.3, -0.25) is 0 Å². The van der Waals surface area contributed by atoms with Crippen LogP contribution in [-0.4, -0.2) is 9.97 Å². The molecule has 3 rings (SSSR count). The third-order valence-electron chi connectivity index (χ3n) is 3.35. The van der Waals surface area contributed by atoms with Crippen LogP contribution in [0.25, 0.3) is 0 Å². The van der Waals surface area contributed by atoms with Gasteiger partial charge in [0.25, 0.3) is 0 Å². The summed E-state index contributed by atoms with van der Waals surface area (Å²) in [6, 6.07) is 22.2. The van der Waals surface area contributed by atoms with Gasteiger partial charge in [-0.15, -0.1) is 0 Å². The minimum absolute atomic E-state index is 0.181. The minimum atomic E-state index is 0.181. The van der Waals surface area contributed by atoms with E-state index in [-0.39, 0.29) is 6.04 Å². The molecule has 0 spiro atoms. The molecule has 1 aromatic heterocycles. The van der Waals surface area contributed by atoms with E-state index in [2.05, 4.69) is 39.7 Å². The van der Waals surface area contributed by atoms with Gasteiger partial charge in [-0.05, 0) is 30.7 Å². The van der Waals surface area contributed by atoms with Crippen LogP contribution in [-0.2, 0) is 0 Å². The zero-order valence-electron chi connectivity index (χ0n) is 12.4. The molecule has 4 heteroatoms. The van der Waals surface area contributed by atoms with Crippen LogP contribution in [0.2, 0.25) is 0 Å². The summed E-state index contributed by atoms with van der Waals surface area (Å²) in [5, 5.41) is 6.59. The monoisotopic (exact) mass is 290 g/mol. The van der Waals surface area contributed by atoms with Crippen molar-refractivity contribution in [3.8, 4) is 0 Å². The summed E-state index contributed by atoms with van der Waals surface area (Å²) in [4.78, 5) is 8.75. The Hall–Kier alpha value is -2.88. The average Bonchev–Trinajstić information content (AvgIpc) is 2.57. The Morgan fingerprint density at radius 1 is 0.864 bits per heavy atom. The van der Waals surface area contributed by atoms with Crippen LogP contribution in [0.15, 0.2) is 72.9 Å². The summed E-state index contributed by atoms with van der Waals surface area (Å²) in [5.41, 5.74) is 2.19. The zero-order chi connectivity index (χ0) is 15.2. The zero-order valence-corrected chi connectivity index (χ0v) is 12.4. The SMILES string of the molecule is CC(Nc1ccnc(Nc2ccccc2)n1)c1ccccc1. The van der Waals surface area contributed by atoms with Crippen LogP contribution in [0.5, 0.6) is 0 Å². The summed E-state index contributed by atoms with van der Waals surface area (Å²) >= 11 is 0. The van der Waals surface area contributed by atoms with E-state index in [1.807, 2.05) is 54.6 Å². The van der Waals surface area contributed by atoms with Crippen LogP contribution in [0.3, 0.4) is 0 Å². The molecular formula is C18H18N4. The molecule has 0 radical (unpaired) electrons. The van der Waals surface area contributed by atoms with Crippen LogP contribution in [0, 0.1) is 0 Å². The first-order chi connectivity index (χ1) is 10.8. The van der Waals surface area contributed by atoms with Crippen molar-refractivity contribution in [2.75, 3.05) is 10.6 Å². The fourth-order valence-electron chi connectivity index (χ4n) is 2.20. The minimum Gasteiger partial charge on any atom is -0.363 e. The predicted molar refractivity (Wildman–Crippen MR) is 90.2 cm³/mol. The highest BCUT2D eigenvalue weighted by Crippen LogP contribution is 2.19. The fraction of sp³-hybridized carbons (Fsp3) is 0.111. The van der Waals surface area contributed by atoms with Gasteiger partial charge in [-0.25, -0.2) is 4.98 Å². The van der Waals surface area contributed by atoms with Gasteiger partial charge in [0, 0.05) is 17.9 Å². The Bertz CT molecular complexity index is 713. The highest BCUT2D eigenvalue weighted by atomic mass is 15.1. The average molecular weight is 290 g/mol. The number of nitrogens with one attached hydrogen (secondary N) is 2. The Labute approximate surface area is 130 Å². The molecule has 2 N–H and O–H groups in total. The predicted octanol–water partition coefficient (Wildman–Crippen LogP) is 4.39. The maximum Gasteiger partial charge on any atom is 0.229 e.